The lowest BCUT2D eigenvalue weighted by Gasteiger charge is -2.10. The van der Waals surface area contributed by atoms with Gasteiger partial charge in [0.25, 0.3) is 5.91 Å². The standard InChI is InChI=1S/C14H11BrF2N2O/c1-7-4-8(16)2-3-13(7)19-14(20)9-5-12(18)11(17)6-10(9)15/h2-6H,18H2,1H3,(H,19,20). The summed E-state index contributed by atoms with van der Waals surface area (Å²) in [5.74, 6) is -1.45. The van der Waals surface area contributed by atoms with Gasteiger partial charge in [-0.05, 0) is 58.7 Å². The number of nitrogens with one attached hydrogen (secondary N) is 1. The van der Waals surface area contributed by atoms with Crippen LogP contribution >= 0.6 is 15.9 Å². The van der Waals surface area contributed by atoms with Gasteiger partial charge in [-0.2, -0.15) is 0 Å². The summed E-state index contributed by atoms with van der Waals surface area (Å²) < 4.78 is 26.5. The van der Waals surface area contributed by atoms with Crippen molar-refractivity contribution < 1.29 is 13.6 Å². The molecule has 0 aromatic heterocycles. The van der Waals surface area contributed by atoms with Crippen LogP contribution in [0.15, 0.2) is 34.8 Å². The van der Waals surface area contributed by atoms with E-state index in [9.17, 15) is 13.6 Å². The number of halogens is 3. The summed E-state index contributed by atoms with van der Waals surface area (Å²) in [5.41, 5.74) is 6.60. The molecular weight excluding hydrogens is 330 g/mol. The molecule has 0 aliphatic rings. The molecule has 3 N–H and O–H groups in total. The van der Waals surface area contributed by atoms with Crippen molar-refractivity contribution in [2.24, 2.45) is 0 Å². The zero-order valence-corrected chi connectivity index (χ0v) is 12.1. The number of hydrogen-bond acceptors (Lipinski definition) is 2. The van der Waals surface area contributed by atoms with E-state index in [0.717, 1.165) is 6.07 Å². The zero-order valence-electron chi connectivity index (χ0n) is 10.5. The number of benzene rings is 2. The van der Waals surface area contributed by atoms with E-state index in [1.165, 1.54) is 24.3 Å². The number of aryl methyl sites for hydroxylation is 1. The molecule has 20 heavy (non-hydrogen) atoms. The average Bonchev–Trinajstić information content (AvgIpc) is 2.37. The number of amides is 1. The molecule has 2 aromatic rings. The first-order chi connectivity index (χ1) is 9.38. The van der Waals surface area contributed by atoms with Crippen LogP contribution in [0, 0.1) is 18.6 Å². The lowest BCUT2D eigenvalue weighted by molar-refractivity contribution is 0.102. The van der Waals surface area contributed by atoms with Gasteiger partial charge in [-0.25, -0.2) is 8.78 Å². The Morgan fingerprint density at radius 3 is 2.60 bits per heavy atom. The molecule has 1 amide bonds. The quantitative estimate of drug-likeness (QED) is 0.815. The van der Waals surface area contributed by atoms with Gasteiger partial charge in [0.1, 0.15) is 11.6 Å². The summed E-state index contributed by atoms with van der Waals surface area (Å²) in [4.78, 5) is 12.1. The molecule has 0 saturated heterocycles. The highest BCUT2D eigenvalue weighted by molar-refractivity contribution is 9.10. The van der Waals surface area contributed by atoms with E-state index in [-0.39, 0.29) is 17.1 Å². The van der Waals surface area contributed by atoms with Crippen molar-refractivity contribution in [2.75, 3.05) is 11.1 Å². The summed E-state index contributed by atoms with van der Waals surface area (Å²) in [6.07, 6.45) is 0. The third-order valence-corrected chi connectivity index (χ3v) is 3.42. The molecule has 0 radical (unpaired) electrons. The number of carbonyl (C=O) groups is 1. The Balaban J connectivity index is 2.31. The molecule has 104 valence electrons. The second kappa shape index (κ2) is 5.58. The van der Waals surface area contributed by atoms with E-state index in [2.05, 4.69) is 21.2 Å². The van der Waals surface area contributed by atoms with Crippen LogP contribution in [-0.4, -0.2) is 5.91 Å². The van der Waals surface area contributed by atoms with E-state index < -0.39 is 11.7 Å². The van der Waals surface area contributed by atoms with Gasteiger partial charge < -0.3 is 11.1 Å². The van der Waals surface area contributed by atoms with Gasteiger partial charge >= 0.3 is 0 Å². The van der Waals surface area contributed by atoms with Crippen molar-refractivity contribution in [3.05, 3.63) is 57.6 Å². The number of rotatable bonds is 2. The molecule has 0 unspecified atom stereocenters. The number of nitrogen functional groups attached to an aromatic ring is 1. The van der Waals surface area contributed by atoms with Gasteiger partial charge in [-0.1, -0.05) is 0 Å². The lowest BCUT2D eigenvalue weighted by Crippen LogP contribution is -2.14. The van der Waals surface area contributed by atoms with Crippen molar-refractivity contribution in [1.82, 2.24) is 0 Å². The van der Waals surface area contributed by atoms with E-state index in [1.54, 1.807) is 6.92 Å². The van der Waals surface area contributed by atoms with Crippen LogP contribution < -0.4 is 11.1 Å². The normalized spacial score (nSPS) is 10.4. The average molecular weight is 341 g/mol. The van der Waals surface area contributed by atoms with Crippen LogP contribution in [0.1, 0.15) is 15.9 Å². The van der Waals surface area contributed by atoms with E-state index in [4.69, 9.17) is 5.73 Å². The number of nitrogens with two attached hydrogens (primary N) is 1. The summed E-state index contributed by atoms with van der Waals surface area (Å²) in [5, 5.41) is 2.63. The van der Waals surface area contributed by atoms with Crippen molar-refractivity contribution >= 4 is 33.2 Å². The van der Waals surface area contributed by atoms with Gasteiger partial charge in [0.15, 0.2) is 0 Å². The Bertz CT molecular complexity index is 689. The predicted molar refractivity (Wildman–Crippen MR) is 77.6 cm³/mol. The van der Waals surface area contributed by atoms with Crippen molar-refractivity contribution in [2.45, 2.75) is 6.92 Å². The smallest absolute Gasteiger partial charge is 0.256 e. The molecule has 0 heterocycles. The third-order valence-electron chi connectivity index (χ3n) is 2.77. The fourth-order valence-corrected chi connectivity index (χ4v) is 2.19. The van der Waals surface area contributed by atoms with Gasteiger partial charge in [-0.3, -0.25) is 4.79 Å². The molecule has 2 aromatic carbocycles. The number of hydrogen-bond donors (Lipinski definition) is 2. The Labute approximate surface area is 122 Å². The molecule has 0 saturated carbocycles. The third kappa shape index (κ3) is 2.96. The highest BCUT2D eigenvalue weighted by atomic mass is 79.9. The zero-order chi connectivity index (χ0) is 14.9. The first kappa shape index (κ1) is 14.5. The molecule has 0 bridgehead atoms. The highest BCUT2D eigenvalue weighted by Crippen LogP contribution is 2.24. The summed E-state index contributed by atoms with van der Waals surface area (Å²) in [6, 6.07) is 6.39. The second-order valence-corrected chi connectivity index (χ2v) is 5.12. The summed E-state index contributed by atoms with van der Waals surface area (Å²) >= 11 is 3.11. The van der Waals surface area contributed by atoms with Crippen LogP contribution in [0.4, 0.5) is 20.2 Å². The van der Waals surface area contributed by atoms with Crippen LogP contribution in [-0.2, 0) is 0 Å². The number of anilines is 2. The Hall–Kier alpha value is -1.95. The van der Waals surface area contributed by atoms with Crippen molar-refractivity contribution in [1.29, 1.82) is 0 Å². The minimum Gasteiger partial charge on any atom is -0.396 e. The van der Waals surface area contributed by atoms with Gasteiger partial charge in [0.2, 0.25) is 0 Å². The minimum atomic E-state index is -0.605. The van der Waals surface area contributed by atoms with Gasteiger partial charge in [0.05, 0.1) is 11.3 Å². The van der Waals surface area contributed by atoms with E-state index in [0.29, 0.717) is 15.7 Å². The Morgan fingerprint density at radius 1 is 1.25 bits per heavy atom. The molecule has 0 spiro atoms. The maximum Gasteiger partial charge on any atom is 0.256 e. The van der Waals surface area contributed by atoms with Crippen LogP contribution in [0.5, 0.6) is 0 Å². The summed E-state index contributed by atoms with van der Waals surface area (Å²) in [6.45, 7) is 1.67. The fourth-order valence-electron chi connectivity index (χ4n) is 1.70. The fraction of sp³-hybridized carbons (Fsp3) is 0.0714. The molecule has 2 rings (SSSR count). The van der Waals surface area contributed by atoms with Gasteiger partial charge in [0, 0.05) is 10.2 Å². The molecule has 0 aliphatic heterocycles. The molecule has 0 fully saturated rings. The Morgan fingerprint density at radius 2 is 1.95 bits per heavy atom. The van der Waals surface area contributed by atoms with Crippen LogP contribution in [0.2, 0.25) is 0 Å². The monoisotopic (exact) mass is 340 g/mol. The SMILES string of the molecule is Cc1cc(F)ccc1NC(=O)c1cc(N)c(F)cc1Br. The van der Waals surface area contributed by atoms with Gasteiger partial charge in [-0.15, -0.1) is 0 Å². The van der Waals surface area contributed by atoms with Crippen LogP contribution in [0.3, 0.4) is 0 Å². The van der Waals surface area contributed by atoms with E-state index in [1.807, 2.05) is 0 Å². The maximum absolute atomic E-state index is 13.2. The van der Waals surface area contributed by atoms with Crippen molar-refractivity contribution in [3.8, 4) is 0 Å². The highest BCUT2D eigenvalue weighted by Gasteiger charge is 2.14. The molecule has 0 atom stereocenters. The lowest BCUT2D eigenvalue weighted by atomic mass is 10.1. The molecule has 0 aliphatic carbocycles. The molecule has 6 heteroatoms. The van der Waals surface area contributed by atoms with Crippen molar-refractivity contribution in [3.63, 3.8) is 0 Å². The largest absolute Gasteiger partial charge is 0.396 e. The molecular formula is C14H11BrF2N2O. The number of carbonyl (C=O) groups excluding carboxylic acids is 1. The molecule has 3 nitrogen and oxygen atoms in total. The second-order valence-electron chi connectivity index (χ2n) is 4.27. The summed E-state index contributed by atoms with van der Waals surface area (Å²) in [7, 11) is 0. The maximum atomic E-state index is 13.2. The minimum absolute atomic E-state index is 0.117. The first-order valence-electron chi connectivity index (χ1n) is 5.70. The van der Waals surface area contributed by atoms with E-state index >= 15 is 0 Å². The topological polar surface area (TPSA) is 55.1 Å². The predicted octanol–water partition coefficient (Wildman–Crippen LogP) is 3.87. The van der Waals surface area contributed by atoms with Crippen LogP contribution in [0.25, 0.3) is 0 Å². The Kier molecular flexibility index (Phi) is 4.04. The first-order valence-corrected chi connectivity index (χ1v) is 6.50.